The van der Waals surface area contributed by atoms with Crippen molar-refractivity contribution < 1.29 is 19.4 Å². The molecular weight excluding hydrogens is 323 g/mol. The Morgan fingerprint density at radius 3 is 2.68 bits per heavy atom. The molecule has 0 spiro atoms. The van der Waals surface area contributed by atoms with Crippen molar-refractivity contribution in [3.05, 3.63) is 70.7 Å². The molecule has 0 fully saturated rings. The van der Waals surface area contributed by atoms with E-state index in [2.05, 4.69) is 6.07 Å². The summed E-state index contributed by atoms with van der Waals surface area (Å²) in [5.41, 5.74) is 2.08. The van der Waals surface area contributed by atoms with Crippen molar-refractivity contribution in [3.8, 4) is 11.8 Å². The number of halogens is 1. The quantitative estimate of drug-likeness (QED) is 0.894. The number of rotatable bonds is 3. The van der Waals surface area contributed by atoms with Crippen LogP contribution in [0.4, 0.5) is 10.1 Å². The zero-order valence-corrected chi connectivity index (χ0v) is 13.4. The van der Waals surface area contributed by atoms with Gasteiger partial charge in [0.25, 0.3) is 0 Å². The summed E-state index contributed by atoms with van der Waals surface area (Å²) in [5.74, 6) is -2.17. The molecule has 5 nitrogen and oxygen atoms in total. The maximum absolute atomic E-state index is 13.9. The average molecular weight is 338 g/mol. The second kappa shape index (κ2) is 6.29. The number of nitriles is 1. The Hall–Kier alpha value is -3.33. The van der Waals surface area contributed by atoms with Crippen molar-refractivity contribution in [3.63, 3.8) is 0 Å². The van der Waals surface area contributed by atoms with Gasteiger partial charge in [-0.15, -0.1) is 0 Å². The van der Waals surface area contributed by atoms with Crippen molar-refractivity contribution in [1.82, 2.24) is 0 Å². The maximum Gasteiger partial charge on any atom is 0.339 e. The van der Waals surface area contributed by atoms with E-state index >= 15 is 0 Å². The van der Waals surface area contributed by atoms with Crippen molar-refractivity contribution >= 4 is 11.7 Å². The highest BCUT2D eigenvalue weighted by atomic mass is 19.1. The van der Waals surface area contributed by atoms with E-state index < -0.39 is 5.97 Å². The predicted molar refractivity (Wildman–Crippen MR) is 90.0 cm³/mol. The highest BCUT2D eigenvalue weighted by Crippen LogP contribution is 2.36. The Kier molecular flexibility index (Phi) is 4.15. The molecule has 0 bridgehead atoms. The Morgan fingerprint density at radius 1 is 1.32 bits per heavy atom. The number of hydrogen-bond donors (Lipinski definition) is 2. The van der Waals surface area contributed by atoms with Crippen LogP contribution in [-0.4, -0.2) is 22.7 Å². The van der Waals surface area contributed by atoms with Gasteiger partial charge in [-0.05, 0) is 36.2 Å². The number of phenols is 1. The predicted octanol–water partition coefficient (Wildman–Crippen LogP) is 3.55. The Bertz CT molecular complexity index is 931. The summed E-state index contributed by atoms with van der Waals surface area (Å²) in [6.07, 6.45) is 1.64. The number of benzene rings is 2. The minimum Gasteiger partial charge on any atom is -0.507 e. The minimum atomic E-state index is -1.22. The first-order valence-electron chi connectivity index (χ1n) is 7.61. The number of aromatic hydroxyl groups is 1. The molecule has 6 heteroatoms. The molecule has 1 heterocycles. The van der Waals surface area contributed by atoms with E-state index in [1.54, 1.807) is 36.2 Å². The van der Waals surface area contributed by atoms with E-state index in [9.17, 15) is 19.6 Å². The topological polar surface area (TPSA) is 84.6 Å². The van der Waals surface area contributed by atoms with Crippen molar-refractivity contribution in [2.24, 2.45) is 0 Å². The van der Waals surface area contributed by atoms with Crippen molar-refractivity contribution in [1.29, 1.82) is 5.26 Å². The van der Waals surface area contributed by atoms with E-state index in [4.69, 9.17) is 5.11 Å². The zero-order valence-electron chi connectivity index (χ0n) is 13.4. The largest absolute Gasteiger partial charge is 0.507 e. The van der Waals surface area contributed by atoms with E-state index in [-0.39, 0.29) is 23.0 Å². The highest BCUT2D eigenvalue weighted by Gasteiger charge is 2.28. The van der Waals surface area contributed by atoms with Gasteiger partial charge in [0.2, 0.25) is 0 Å². The van der Waals surface area contributed by atoms with Crippen LogP contribution in [0.2, 0.25) is 0 Å². The normalized spacial score (nSPS) is 16.4. The lowest BCUT2D eigenvalue weighted by atomic mass is 9.93. The maximum atomic E-state index is 13.9. The van der Waals surface area contributed by atoms with Gasteiger partial charge in [-0.25, -0.2) is 9.18 Å². The fourth-order valence-electron chi connectivity index (χ4n) is 2.88. The summed E-state index contributed by atoms with van der Waals surface area (Å²) >= 11 is 0. The van der Waals surface area contributed by atoms with Gasteiger partial charge in [-0.3, -0.25) is 0 Å². The molecule has 1 aliphatic rings. The molecule has 2 aromatic rings. The first kappa shape index (κ1) is 16.5. The van der Waals surface area contributed by atoms with Gasteiger partial charge in [0, 0.05) is 30.4 Å². The monoisotopic (exact) mass is 338 g/mol. The lowest BCUT2D eigenvalue weighted by Crippen LogP contribution is -2.17. The number of nitrogens with zero attached hydrogens (tertiary/aromatic N) is 2. The highest BCUT2D eigenvalue weighted by molar-refractivity contribution is 5.91. The molecule has 25 heavy (non-hydrogen) atoms. The van der Waals surface area contributed by atoms with Gasteiger partial charge in [0.1, 0.15) is 17.1 Å². The SMILES string of the molecule is Cc1ccc(C2CN(c3ccc(C(=O)O)c(O)c3)C=C2C#N)cc1F. The lowest BCUT2D eigenvalue weighted by Gasteiger charge is -2.19. The number of aromatic carboxylic acids is 1. The first-order chi connectivity index (χ1) is 11.9. The Balaban J connectivity index is 1.92. The number of carboxylic acids is 1. The van der Waals surface area contributed by atoms with Gasteiger partial charge >= 0.3 is 5.97 Å². The third kappa shape index (κ3) is 3.04. The van der Waals surface area contributed by atoms with E-state index in [0.717, 1.165) is 0 Å². The summed E-state index contributed by atoms with van der Waals surface area (Å²) in [6, 6.07) is 11.2. The fourth-order valence-corrected chi connectivity index (χ4v) is 2.88. The summed E-state index contributed by atoms with van der Waals surface area (Å²) in [5, 5.41) is 28.2. The van der Waals surface area contributed by atoms with E-state index in [1.165, 1.54) is 18.2 Å². The van der Waals surface area contributed by atoms with Gasteiger partial charge in [0.05, 0.1) is 11.6 Å². The smallest absolute Gasteiger partial charge is 0.339 e. The van der Waals surface area contributed by atoms with Gasteiger partial charge < -0.3 is 15.1 Å². The van der Waals surface area contributed by atoms with Gasteiger partial charge in [-0.2, -0.15) is 5.26 Å². The Morgan fingerprint density at radius 2 is 2.08 bits per heavy atom. The Labute approximate surface area is 143 Å². The molecule has 1 atom stereocenters. The molecule has 2 aromatic carbocycles. The van der Waals surface area contributed by atoms with Crippen LogP contribution in [0, 0.1) is 24.1 Å². The molecule has 3 rings (SSSR count). The van der Waals surface area contributed by atoms with Gasteiger partial charge in [0.15, 0.2) is 0 Å². The number of hydrogen-bond acceptors (Lipinski definition) is 4. The molecule has 1 aliphatic heterocycles. The van der Waals surface area contributed by atoms with Crippen LogP contribution < -0.4 is 4.90 Å². The van der Waals surface area contributed by atoms with E-state index in [0.29, 0.717) is 28.9 Å². The zero-order chi connectivity index (χ0) is 18.1. The van der Waals surface area contributed by atoms with Crippen LogP contribution in [0.15, 0.2) is 48.2 Å². The van der Waals surface area contributed by atoms with Crippen LogP contribution in [-0.2, 0) is 0 Å². The standard InChI is InChI=1S/C19H15FN2O3/c1-11-2-3-12(6-17(11)20)16-10-22(9-13(16)8-21)14-4-5-15(19(24)25)18(23)7-14/h2-7,9,16,23H,10H2,1H3,(H,24,25). The van der Waals surface area contributed by atoms with Crippen LogP contribution in [0.1, 0.15) is 27.4 Å². The van der Waals surface area contributed by atoms with Crippen molar-refractivity contribution in [2.75, 3.05) is 11.4 Å². The molecule has 0 aromatic heterocycles. The number of anilines is 1. The van der Waals surface area contributed by atoms with Crippen LogP contribution in [0.3, 0.4) is 0 Å². The van der Waals surface area contributed by atoms with Crippen molar-refractivity contribution in [2.45, 2.75) is 12.8 Å². The summed E-state index contributed by atoms with van der Waals surface area (Å²) in [4.78, 5) is 12.7. The third-order valence-corrected chi connectivity index (χ3v) is 4.32. The molecule has 0 radical (unpaired) electrons. The van der Waals surface area contributed by atoms with Crippen LogP contribution in [0.5, 0.6) is 5.75 Å². The second-order valence-corrected chi connectivity index (χ2v) is 5.92. The lowest BCUT2D eigenvalue weighted by molar-refractivity contribution is 0.0694. The molecule has 0 aliphatic carbocycles. The molecule has 1 unspecified atom stereocenters. The number of carboxylic acid groups (broad SMARTS) is 1. The summed E-state index contributed by atoms with van der Waals surface area (Å²) < 4.78 is 13.9. The average Bonchev–Trinajstić information content (AvgIpc) is 3.01. The van der Waals surface area contributed by atoms with Crippen LogP contribution >= 0.6 is 0 Å². The number of aryl methyl sites for hydroxylation is 1. The third-order valence-electron chi connectivity index (χ3n) is 4.32. The molecule has 126 valence electrons. The number of carbonyl (C=O) groups is 1. The van der Waals surface area contributed by atoms with Crippen LogP contribution in [0.25, 0.3) is 0 Å². The first-order valence-corrected chi connectivity index (χ1v) is 7.61. The minimum absolute atomic E-state index is 0.190. The summed E-state index contributed by atoms with van der Waals surface area (Å²) in [7, 11) is 0. The van der Waals surface area contributed by atoms with E-state index in [1.807, 2.05) is 0 Å². The summed E-state index contributed by atoms with van der Waals surface area (Å²) in [6.45, 7) is 2.07. The molecule has 0 amide bonds. The van der Waals surface area contributed by atoms with Gasteiger partial charge in [-0.1, -0.05) is 12.1 Å². The molecule has 2 N–H and O–H groups in total. The molecule has 0 saturated carbocycles. The fraction of sp³-hybridized carbons (Fsp3) is 0.158. The molecular formula is C19H15FN2O3. The molecule has 0 saturated heterocycles. The second-order valence-electron chi connectivity index (χ2n) is 5.92.